The van der Waals surface area contributed by atoms with Gasteiger partial charge in [0.2, 0.25) is 0 Å². The minimum atomic E-state index is 0.186. The number of hydrogen-bond acceptors (Lipinski definition) is 3. The zero-order chi connectivity index (χ0) is 11.3. The van der Waals surface area contributed by atoms with Crippen molar-refractivity contribution in [1.82, 2.24) is 5.32 Å². The number of hydrogen-bond donors (Lipinski definition) is 2. The highest BCUT2D eigenvalue weighted by Gasteiger charge is 2.03. The van der Waals surface area contributed by atoms with Crippen LogP contribution in [0.4, 0.5) is 5.69 Å². The molecule has 0 bridgehead atoms. The van der Waals surface area contributed by atoms with Gasteiger partial charge in [-0.25, -0.2) is 0 Å². The summed E-state index contributed by atoms with van der Waals surface area (Å²) in [4.78, 5) is 2.04. The number of likely N-dealkylation sites (N-methyl/N-ethyl adjacent to an activating group) is 1. The summed E-state index contributed by atoms with van der Waals surface area (Å²) in [5, 5.41) is 12.0. The van der Waals surface area contributed by atoms with E-state index in [0.717, 1.165) is 5.69 Å². The van der Waals surface area contributed by atoms with Gasteiger partial charge in [0, 0.05) is 25.3 Å². The highest BCUT2D eigenvalue weighted by atomic mass is 16.3. The second kappa shape index (κ2) is 5.73. The molecule has 0 aromatic heterocycles. The third kappa shape index (κ3) is 3.22. The largest absolute Gasteiger partial charge is 0.395 e. The molecule has 1 aromatic carbocycles. The molecule has 84 valence electrons. The van der Waals surface area contributed by atoms with Gasteiger partial charge < -0.3 is 15.3 Å². The van der Waals surface area contributed by atoms with Gasteiger partial charge in [-0.3, -0.25) is 0 Å². The van der Waals surface area contributed by atoms with Gasteiger partial charge in [-0.2, -0.15) is 0 Å². The van der Waals surface area contributed by atoms with E-state index >= 15 is 0 Å². The average molecular weight is 208 g/mol. The first-order valence-corrected chi connectivity index (χ1v) is 5.28. The molecule has 0 spiro atoms. The Hall–Kier alpha value is -1.06. The topological polar surface area (TPSA) is 35.5 Å². The van der Waals surface area contributed by atoms with Gasteiger partial charge in [0.05, 0.1) is 6.61 Å². The zero-order valence-electron chi connectivity index (χ0n) is 9.70. The average Bonchev–Trinajstić information content (AvgIpc) is 2.28. The molecule has 15 heavy (non-hydrogen) atoms. The first kappa shape index (κ1) is 12.0. The Kier molecular flexibility index (Phi) is 4.59. The van der Waals surface area contributed by atoms with Crippen LogP contribution in [0.25, 0.3) is 0 Å². The third-order valence-electron chi connectivity index (χ3n) is 2.70. The predicted molar refractivity (Wildman–Crippen MR) is 64.3 cm³/mol. The Labute approximate surface area is 91.7 Å². The maximum Gasteiger partial charge on any atom is 0.0606 e. The van der Waals surface area contributed by atoms with Crippen LogP contribution in [0, 0.1) is 0 Å². The Morgan fingerprint density at radius 2 is 1.93 bits per heavy atom. The van der Waals surface area contributed by atoms with Crippen molar-refractivity contribution in [1.29, 1.82) is 0 Å². The van der Waals surface area contributed by atoms with Crippen molar-refractivity contribution >= 4 is 5.69 Å². The quantitative estimate of drug-likeness (QED) is 0.767. The monoisotopic (exact) mass is 208 g/mol. The van der Waals surface area contributed by atoms with Crippen LogP contribution in [0.2, 0.25) is 0 Å². The molecule has 1 rings (SSSR count). The first-order chi connectivity index (χ1) is 7.19. The van der Waals surface area contributed by atoms with E-state index in [1.807, 2.05) is 19.0 Å². The Morgan fingerprint density at radius 3 is 2.40 bits per heavy atom. The molecule has 0 radical (unpaired) electrons. The summed E-state index contributed by atoms with van der Waals surface area (Å²) in [6.45, 7) is 2.98. The minimum absolute atomic E-state index is 0.186. The van der Waals surface area contributed by atoms with E-state index in [1.54, 1.807) is 0 Å². The lowest BCUT2D eigenvalue weighted by Crippen LogP contribution is -2.21. The van der Waals surface area contributed by atoms with Crippen LogP contribution >= 0.6 is 0 Å². The van der Waals surface area contributed by atoms with E-state index in [9.17, 15) is 0 Å². The lowest BCUT2D eigenvalue weighted by atomic mass is 10.1. The normalized spacial score (nSPS) is 12.5. The van der Waals surface area contributed by atoms with Gasteiger partial charge in [-0.1, -0.05) is 12.1 Å². The third-order valence-corrected chi connectivity index (χ3v) is 2.70. The van der Waals surface area contributed by atoms with Crippen LogP contribution in [-0.2, 0) is 0 Å². The lowest BCUT2D eigenvalue weighted by molar-refractivity contribution is 0.304. The Balaban J connectivity index is 2.71. The summed E-state index contributed by atoms with van der Waals surface area (Å²) in [5.74, 6) is 0. The molecule has 0 fully saturated rings. The molecule has 2 N–H and O–H groups in total. The van der Waals surface area contributed by atoms with E-state index in [-0.39, 0.29) is 6.61 Å². The Bertz CT molecular complexity index is 284. The van der Waals surface area contributed by atoms with Crippen LogP contribution in [0.1, 0.15) is 18.5 Å². The van der Waals surface area contributed by atoms with Crippen LogP contribution in [0.15, 0.2) is 24.3 Å². The molecule has 0 aliphatic heterocycles. The molecular formula is C12H20N2O. The van der Waals surface area contributed by atoms with Crippen molar-refractivity contribution in [3.8, 4) is 0 Å². The van der Waals surface area contributed by atoms with Crippen LogP contribution < -0.4 is 10.2 Å². The van der Waals surface area contributed by atoms with Gasteiger partial charge in [0.25, 0.3) is 0 Å². The minimum Gasteiger partial charge on any atom is -0.395 e. The van der Waals surface area contributed by atoms with Gasteiger partial charge >= 0.3 is 0 Å². The molecule has 0 saturated carbocycles. The maximum atomic E-state index is 8.83. The van der Waals surface area contributed by atoms with Crippen molar-refractivity contribution in [2.24, 2.45) is 0 Å². The van der Waals surface area contributed by atoms with Gasteiger partial charge in [-0.05, 0) is 31.7 Å². The standard InChI is InChI=1S/C12H20N2O/c1-10(13-2)11-4-6-12(7-5-11)14(3)8-9-15/h4-7,10,13,15H,8-9H2,1-3H3. The molecule has 0 saturated heterocycles. The molecular weight excluding hydrogens is 188 g/mol. The van der Waals surface area contributed by atoms with Crippen LogP contribution in [-0.4, -0.2) is 32.4 Å². The summed E-state index contributed by atoms with van der Waals surface area (Å²) in [6.07, 6.45) is 0. The molecule has 0 heterocycles. The van der Waals surface area contributed by atoms with Gasteiger partial charge in [-0.15, -0.1) is 0 Å². The number of aliphatic hydroxyl groups excluding tert-OH is 1. The van der Waals surface area contributed by atoms with E-state index < -0.39 is 0 Å². The van der Waals surface area contributed by atoms with Crippen molar-refractivity contribution in [2.45, 2.75) is 13.0 Å². The second-order valence-corrected chi connectivity index (χ2v) is 3.75. The number of nitrogens with zero attached hydrogens (tertiary/aromatic N) is 1. The fraction of sp³-hybridized carbons (Fsp3) is 0.500. The highest BCUT2D eigenvalue weighted by Crippen LogP contribution is 2.17. The van der Waals surface area contributed by atoms with E-state index in [4.69, 9.17) is 5.11 Å². The fourth-order valence-electron chi connectivity index (χ4n) is 1.46. The number of benzene rings is 1. The summed E-state index contributed by atoms with van der Waals surface area (Å²) < 4.78 is 0. The SMILES string of the molecule is CNC(C)c1ccc(N(C)CCO)cc1. The van der Waals surface area contributed by atoms with Crippen molar-refractivity contribution < 1.29 is 5.11 Å². The predicted octanol–water partition coefficient (Wildman–Crippen LogP) is 1.40. The van der Waals surface area contributed by atoms with Gasteiger partial charge in [0.15, 0.2) is 0 Å². The summed E-state index contributed by atoms with van der Waals surface area (Å²) in [6, 6.07) is 8.77. The molecule has 0 aliphatic carbocycles. The lowest BCUT2D eigenvalue weighted by Gasteiger charge is -2.19. The van der Waals surface area contributed by atoms with Crippen LogP contribution in [0.3, 0.4) is 0 Å². The summed E-state index contributed by atoms with van der Waals surface area (Å²) in [7, 11) is 3.93. The highest BCUT2D eigenvalue weighted by molar-refractivity contribution is 5.47. The second-order valence-electron chi connectivity index (χ2n) is 3.75. The summed E-state index contributed by atoms with van der Waals surface area (Å²) in [5.41, 5.74) is 2.41. The van der Waals surface area contributed by atoms with E-state index in [2.05, 4.69) is 36.5 Å². The molecule has 3 nitrogen and oxygen atoms in total. The van der Waals surface area contributed by atoms with Crippen molar-refractivity contribution in [2.75, 3.05) is 32.1 Å². The molecule has 0 amide bonds. The van der Waals surface area contributed by atoms with Gasteiger partial charge in [0.1, 0.15) is 0 Å². The fourth-order valence-corrected chi connectivity index (χ4v) is 1.46. The molecule has 3 heteroatoms. The smallest absolute Gasteiger partial charge is 0.0606 e. The number of aliphatic hydroxyl groups is 1. The van der Waals surface area contributed by atoms with E-state index in [1.165, 1.54) is 5.56 Å². The van der Waals surface area contributed by atoms with Crippen LogP contribution in [0.5, 0.6) is 0 Å². The zero-order valence-corrected chi connectivity index (χ0v) is 9.70. The first-order valence-electron chi connectivity index (χ1n) is 5.28. The Morgan fingerprint density at radius 1 is 1.33 bits per heavy atom. The molecule has 0 aliphatic rings. The number of rotatable bonds is 5. The number of anilines is 1. The molecule has 1 aromatic rings. The van der Waals surface area contributed by atoms with E-state index in [0.29, 0.717) is 12.6 Å². The maximum absolute atomic E-state index is 8.83. The molecule has 1 atom stereocenters. The molecule has 1 unspecified atom stereocenters. The number of nitrogens with one attached hydrogen (secondary N) is 1. The van der Waals surface area contributed by atoms with Crippen molar-refractivity contribution in [3.63, 3.8) is 0 Å². The summed E-state index contributed by atoms with van der Waals surface area (Å²) >= 11 is 0. The van der Waals surface area contributed by atoms with Crippen molar-refractivity contribution in [3.05, 3.63) is 29.8 Å².